The van der Waals surface area contributed by atoms with Gasteiger partial charge in [0.05, 0.1) is 18.2 Å². The van der Waals surface area contributed by atoms with Crippen LogP contribution in [-0.4, -0.2) is 41.2 Å². The molecular formula is C17H20FN3OS. The summed E-state index contributed by atoms with van der Waals surface area (Å²) in [5, 5.41) is 5.31. The van der Waals surface area contributed by atoms with Gasteiger partial charge < -0.3 is 10.1 Å². The lowest BCUT2D eigenvalue weighted by Crippen LogP contribution is -2.33. The molecule has 4 nitrogen and oxygen atoms in total. The molecule has 2 atom stereocenters. The number of halogens is 1. The van der Waals surface area contributed by atoms with Crippen LogP contribution in [0.2, 0.25) is 0 Å². The molecule has 122 valence electrons. The zero-order chi connectivity index (χ0) is 15.7. The number of hydrogen-bond donors (Lipinski definition) is 1. The molecule has 4 rings (SSSR count). The van der Waals surface area contributed by atoms with Crippen molar-refractivity contribution in [1.29, 1.82) is 0 Å². The van der Waals surface area contributed by atoms with E-state index in [-0.39, 0.29) is 17.5 Å². The minimum absolute atomic E-state index is 0.0832. The Labute approximate surface area is 139 Å². The molecule has 2 aromatic rings. The highest BCUT2D eigenvalue weighted by atomic mass is 32.1. The second-order valence-corrected chi connectivity index (χ2v) is 7.45. The molecule has 0 aromatic carbocycles. The van der Waals surface area contributed by atoms with E-state index in [0.29, 0.717) is 12.4 Å². The third-order valence-electron chi connectivity index (χ3n) is 4.66. The second-order valence-electron chi connectivity index (χ2n) is 6.41. The van der Waals surface area contributed by atoms with E-state index in [2.05, 4.69) is 32.7 Å². The summed E-state index contributed by atoms with van der Waals surface area (Å²) < 4.78 is 19.8. The van der Waals surface area contributed by atoms with Crippen LogP contribution in [0.1, 0.15) is 17.7 Å². The number of hydrogen-bond acceptors (Lipinski definition) is 5. The first-order valence-corrected chi connectivity index (χ1v) is 8.86. The van der Waals surface area contributed by atoms with Crippen LogP contribution in [-0.2, 0) is 11.3 Å². The van der Waals surface area contributed by atoms with Crippen molar-refractivity contribution in [3.05, 3.63) is 46.5 Å². The normalized spacial score (nSPS) is 27.8. The highest BCUT2D eigenvalue weighted by Crippen LogP contribution is 2.36. The summed E-state index contributed by atoms with van der Waals surface area (Å²) in [6, 6.07) is 7.44. The van der Waals surface area contributed by atoms with Crippen molar-refractivity contribution in [3.63, 3.8) is 0 Å². The Morgan fingerprint density at radius 3 is 3.22 bits per heavy atom. The van der Waals surface area contributed by atoms with Gasteiger partial charge in [0, 0.05) is 37.1 Å². The van der Waals surface area contributed by atoms with Gasteiger partial charge in [-0.3, -0.25) is 4.90 Å². The maximum absolute atomic E-state index is 13.7. The van der Waals surface area contributed by atoms with Crippen molar-refractivity contribution in [1.82, 2.24) is 9.88 Å². The molecule has 1 spiro atoms. The molecule has 23 heavy (non-hydrogen) atoms. The van der Waals surface area contributed by atoms with Crippen LogP contribution in [0.25, 0.3) is 0 Å². The number of nitrogens with zero attached hydrogens (tertiary/aromatic N) is 2. The summed E-state index contributed by atoms with van der Waals surface area (Å²) in [6.07, 6.45) is 3.56. The molecule has 0 aliphatic carbocycles. The van der Waals surface area contributed by atoms with Gasteiger partial charge in [-0.25, -0.2) is 9.37 Å². The fourth-order valence-electron chi connectivity index (χ4n) is 3.59. The Morgan fingerprint density at radius 2 is 2.39 bits per heavy atom. The van der Waals surface area contributed by atoms with Crippen LogP contribution in [0.4, 0.5) is 10.2 Å². The number of rotatable bonds is 4. The third-order valence-corrected chi connectivity index (χ3v) is 5.52. The molecular weight excluding hydrogens is 313 g/mol. The van der Waals surface area contributed by atoms with Crippen LogP contribution in [0.3, 0.4) is 0 Å². The fourth-order valence-corrected chi connectivity index (χ4v) is 4.34. The van der Waals surface area contributed by atoms with Crippen molar-refractivity contribution >= 4 is 17.2 Å². The summed E-state index contributed by atoms with van der Waals surface area (Å²) >= 11 is 1.80. The number of anilines is 1. The van der Waals surface area contributed by atoms with E-state index in [1.807, 2.05) is 0 Å². The average molecular weight is 333 g/mol. The van der Waals surface area contributed by atoms with E-state index in [1.54, 1.807) is 23.6 Å². The zero-order valence-corrected chi connectivity index (χ0v) is 13.7. The van der Waals surface area contributed by atoms with Gasteiger partial charge in [-0.15, -0.1) is 11.3 Å². The predicted molar refractivity (Wildman–Crippen MR) is 89.1 cm³/mol. The van der Waals surface area contributed by atoms with Gasteiger partial charge in [-0.05, 0) is 30.0 Å². The summed E-state index contributed by atoms with van der Waals surface area (Å²) in [7, 11) is 0. The van der Waals surface area contributed by atoms with E-state index >= 15 is 0 Å². The number of aromatic nitrogens is 1. The highest BCUT2D eigenvalue weighted by Gasteiger charge is 2.45. The van der Waals surface area contributed by atoms with E-state index in [4.69, 9.17) is 4.74 Å². The first-order chi connectivity index (χ1) is 11.2. The van der Waals surface area contributed by atoms with Gasteiger partial charge in [0.2, 0.25) is 0 Å². The van der Waals surface area contributed by atoms with Gasteiger partial charge in [-0.1, -0.05) is 6.07 Å². The maximum Gasteiger partial charge on any atom is 0.165 e. The first kappa shape index (κ1) is 15.1. The molecule has 4 heterocycles. The van der Waals surface area contributed by atoms with Gasteiger partial charge in [-0.2, -0.15) is 0 Å². The lowest BCUT2D eigenvalue weighted by Gasteiger charge is -2.23. The van der Waals surface area contributed by atoms with Crippen molar-refractivity contribution in [2.75, 3.05) is 25.0 Å². The SMILES string of the molecule is Fc1cccnc1N[C@H]1CO[C@]2(CCN(Cc3cccs3)C2)C1. The molecule has 2 aromatic heterocycles. The topological polar surface area (TPSA) is 37.4 Å². The molecule has 6 heteroatoms. The quantitative estimate of drug-likeness (QED) is 0.933. The smallest absolute Gasteiger partial charge is 0.165 e. The Bertz CT molecular complexity index is 666. The van der Waals surface area contributed by atoms with Gasteiger partial charge in [0.15, 0.2) is 11.6 Å². The van der Waals surface area contributed by atoms with Crippen molar-refractivity contribution in [3.8, 4) is 0 Å². The van der Waals surface area contributed by atoms with Crippen molar-refractivity contribution in [2.24, 2.45) is 0 Å². The monoisotopic (exact) mass is 333 g/mol. The Morgan fingerprint density at radius 1 is 1.43 bits per heavy atom. The fraction of sp³-hybridized carbons (Fsp3) is 0.471. The molecule has 0 amide bonds. The van der Waals surface area contributed by atoms with E-state index in [0.717, 1.165) is 32.5 Å². The number of likely N-dealkylation sites (tertiary alicyclic amines) is 1. The molecule has 0 radical (unpaired) electrons. The van der Waals surface area contributed by atoms with Crippen LogP contribution >= 0.6 is 11.3 Å². The lowest BCUT2D eigenvalue weighted by molar-refractivity contribution is 0.0120. The zero-order valence-electron chi connectivity index (χ0n) is 12.9. The number of thiophene rings is 1. The van der Waals surface area contributed by atoms with Gasteiger partial charge >= 0.3 is 0 Å². The number of nitrogens with one attached hydrogen (secondary N) is 1. The van der Waals surface area contributed by atoms with Crippen molar-refractivity contribution in [2.45, 2.75) is 31.0 Å². The van der Waals surface area contributed by atoms with E-state index in [9.17, 15) is 4.39 Å². The molecule has 2 aliphatic heterocycles. The molecule has 0 unspecified atom stereocenters. The van der Waals surface area contributed by atoms with Gasteiger partial charge in [0.25, 0.3) is 0 Å². The Kier molecular flexibility index (Phi) is 4.05. The first-order valence-electron chi connectivity index (χ1n) is 7.98. The van der Waals surface area contributed by atoms with Crippen molar-refractivity contribution < 1.29 is 9.13 Å². The van der Waals surface area contributed by atoms with Gasteiger partial charge in [0.1, 0.15) is 0 Å². The maximum atomic E-state index is 13.7. The average Bonchev–Trinajstić information content (AvgIpc) is 3.26. The van der Waals surface area contributed by atoms with Crippen LogP contribution < -0.4 is 5.32 Å². The Balaban J connectivity index is 1.36. The summed E-state index contributed by atoms with van der Waals surface area (Å²) in [6.45, 7) is 3.62. The molecule has 1 N–H and O–H groups in total. The van der Waals surface area contributed by atoms with Crippen LogP contribution in [0.15, 0.2) is 35.8 Å². The summed E-state index contributed by atoms with van der Waals surface area (Å²) in [4.78, 5) is 7.92. The highest BCUT2D eigenvalue weighted by molar-refractivity contribution is 7.09. The van der Waals surface area contributed by atoms with E-state index < -0.39 is 0 Å². The number of ether oxygens (including phenoxy) is 1. The molecule has 0 bridgehead atoms. The minimum Gasteiger partial charge on any atom is -0.371 e. The van der Waals surface area contributed by atoms with Crippen LogP contribution in [0.5, 0.6) is 0 Å². The largest absolute Gasteiger partial charge is 0.371 e. The predicted octanol–water partition coefficient (Wildman–Crippen LogP) is 3.13. The molecule has 2 aliphatic rings. The molecule has 2 saturated heterocycles. The Hall–Kier alpha value is -1.50. The van der Waals surface area contributed by atoms with Crippen LogP contribution in [0, 0.1) is 5.82 Å². The third kappa shape index (κ3) is 3.24. The summed E-state index contributed by atoms with van der Waals surface area (Å²) in [5.74, 6) is 0.0192. The lowest BCUT2D eigenvalue weighted by atomic mass is 9.97. The number of pyridine rings is 1. The summed E-state index contributed by atoms with van der Waals surface area (Å²) in [5.41, 5.74) is -0.0832. The second kappa shape index (κ2) is 6.19. The standard InChI is InChI=1S/C17H20FN3OS/c18-15-4-1-6-19-16(15)20-13-9-17(22-11-13)5-7-21(12-17)10-14-3-2-8-23-14/h1-4,6,8,13H,5,7,9-12H2,(H,19,20)/t13-,17-/m1/s1. The molecule has 0 saturated carbocycles. The molecule has 2 fully saturated rings. The van der Waals surface area contributed by atoms with E-state index in [1.165, 1.54) is 10.9 Å². The minimum atomic E-state index is -0.306.